The van der Waals surface area contributed by atoms with Gasteiger partial charge in [-0.1, -0.05) is 13.8 Å². The number of amides is 2. The van der Waals surface area contributed by atoms with E-state index in [4.69, 9.17) is 4.74 Å². The molecule has 7 nitrogen and oxygen atoms in total. The highest BCUT2D eigenvalue weighted by atomic mass is 16.5. The molecule has 2 amide bonds. The van der Waals surface area contributed by atoms with Crippen LogP contribution in [0.1, 0.15) is 24.2 Å². The molecule has 0 aliphatic rings. The fraction of sp³-hybridized carbons (Fsp3) is 0.583. The van der Waals surface area contributed by atoms with E-state index in [0.29, 0.717) is 18.0 Å². The predicted molar refractivity (Wildman–Crippen MR) is 69.9 cm³/mol. The lowest BCUT2D eigenvalue weighted by Crippen LogP contribution is -2.38. The summed E-state index contributed by atoms with van der Waals surface area (Å²) in [4.78, 5) is 23.3. The number of carbonyl (C=O) groups excluding carboxylic acids is 2. The zero-order valence-electron chi connectivity index (χ0n) is 11.7. The highest BCUT2D eigenvalue weighted by Crippen LogP contribution is 2.13. The predicted octanol–water partition coefficient (Wildman–Crippen LogP) is -0.0693. The fourth-order valence-corrected chi connectivity index (χ4v) is 1.41. The molecule has 106 valence electrons. The molecule has 0 atom stereocenters. The Labute approximate surface area is 112 Å². The van der Waals surface area contributed by atoms with Crippen LogP contribution < -0.4 is 15.4 Å². The summed E-state index contributed by atoms with van der Waals surface area (Å²) in [6.45, 7) is 4.52. The number of hydrogen-bond acceptors (Lipinski definition) is 4. The van der Waals surface area contributed by atoms with Gasteiger partial charge in [-0.3, -0.25) is 14.3 Å². The molecular formula is C12H20N4O3. The third-order valence-electron chi connectivity index (χ3n) is 2.35. The van der Waals surface area contributed by atoms with Crippen molar-refractivity contribution in [1.29, 1.82) is 0 Å². The number of carbonyl (C=O) groups is 2. The SMILES string of the molecule is COc1nn(C)cc1C(=O)NCC(=O)NCC(C)C. The van der Waals surface area contributed by atoms with Gasteiger partial charge in [0.1, 0.15) is 5.56 Å². The Kier molecular flexibility index (Phi) is 5.35. The van der Waals surface area contributed by atoms with Crippen molar-refractivity contribution in [3.63, 3.8) is 0 Å². The molecule has 0 saturated carbocycles. The van der Waals surface area contributed by atoms with Gasteiger partial charge in [-0.05, 0) is 5.92 Å². The summed E-state index contributed by atoms with van der Waals surface area (Å²) in [5.41, 5.74) is 0.307. The quantitative estimate of drug-likeness (QED) is 0.756. The maximum atomic E-state index is 11.9. The summed E-state index contributed by atoms with van der Waals surface area (Å²) in [5, 5.41) is 9.21. The summed E-state index contributed by atoms with van der Waals surface area (Å²) in [7, 11) is 3.13. The molecule has 0 aliphatic carbocycles. The minimum absolute atomic E-state index is 0.0659. The van der Waals surface area contributed by atoms with E-state index in [1.165, 1.54) is 11.8 Å². The van der Waals surface area contributed by atoms with Crippen LogP contribution in [0.2, 0.25) is 0 Å². The van der Waals surface area contributed by atoms with Crippen molar-refractivity contribution >= 4 is 11.8 Å². The van der Waals surface area contributed by atoms with Crippen molar-refractivity contribution in [2.75, 3.05) is 20.2 Å². The van der Waals surface area contributed by atoms with Gasteiger partial charge < -0.3 is 15.4 Å². The average molecular weight is 268 g/mol. The number of aryl methyl sites for hydroxylation is 1. The van der Waals surface area contributed by atoms with Gasteiger partial charge in [-0.15, -0.1) is 5.10 Å². The average Bonchev–Trinajstić information content (AvgIpc) is 2.74. The molecule has 0 fully saturated rings. The van der Waals surface area contributed by atoms with E-state index in [9.17, 15) is 9.59 Å². The molecule has 19 heavy (non-hydrogen) atoms. The normalized spacial score (nSPS) is 10.4. The molecule has 2 N–H and O–H groups in total. The first kappa shape index (κ1) is 15.0. The molecule has 0 saturated heterocycles. The second kappa shape index (κ2) is 6.77. The zero-order valence-corrected chi connectivity index (χ0v) is 11.7. The van der Waals surface area contributed by atoms with Gasteiger partial charge in [0, 0.05) is 19.8 Å². The molecule has 0 aliphatic heterocycles. The molecule has 0 unspecified atom stereocenters. The molecule has 1 aromatic heterocycles. The molecule has 1 heterocycles. The van der Waals surface area contributed by atoms with Gasteiger partial charge in [0.05, 0.1) is 13.7 Å². The van der Waals surface area contributed by atoms with Crippen molar-refractivity contribution in [2.45, 2.75) is 13.8 Å². The van der Waals surface area contributed by atoms with Crippen LogP contribution in [0.25, 0.3) is 0 Å². The summed E-state index contributed by atoms with van der Waals surface area (Å²) < 4.78 is 6.46. The first-order valence-electron chi connectivity index (χ1n) is 6.06. The monoisotopic (exact) mass is 268 g/mol. The molecule has 7 heteroatoms. The van der Waals surface area contributed by atoms with Crippen LogP contribution in [0.15, 0.2) is 6.20 Å². The van der Waals surface area contributed by atoms with E-state index in [-0.39, 0.29) is 24.2 Å². The molecule has 0 radical (unpaired) electrons. The Balaban J connectivity index is 2.49. The minimum Gasteiger partial charge on any atom is -0.479 e. The Hall–Kier alpha value is -2.05. The summed E-state index contributed by atoms with van der Waals surface area (Å²) >= 11 is 0. The number of ether oxygens (including phenoxy) is 1. The van der Waals surface area contributed by atoms with Gasteiger partial charge >= 0.3 is 0 Å². The molecular weight excluding hydrogens is 248 g/mol. The number of hydrogen-bond donors (Lipinski definition) is 2. The van der Waals surface area contributed by atoms with Gasteiger partial charge in [-0.2, -0.15) is 0 Å². The molecule has 0 spiro atoms. The van der Waals surface area contributed by atoms with Crippen LogP contribution in [0, 0.1) is 5.92 Å². The highest BCUT2D eigenvalue weighted by Gasteiger charge is 2.16. The standard InChI is InChI=1S/C12H20N4O3/c1-8(2)5-13-10(17)6-14-11(18)9-7-16(3)15-12(9)19-4/h7-8H,5-6H2,1-4H3,(H,13,17)(H,14,18). The lowest BCUT2D eigenvalue weighted by atomic mass is 10.2. The Morgan fingerprint density at radius 1 is 1.42 bits per heavy atom. The number of nitrogens with zero attached hydrogens (tertiary/aromatic N) is 2. The number of rotatable bonds is 6. The number of nitrogens with one attached hydrogen (secondary N) is 2. The third-order valence-corrected chi connectivity index (χ3v) is 2.35. The Morgan fingerprint density at radius 3 is 2.68 bits per heavy atom. The number of methoxy groups -OCH3 is 1. The third kappa shape index (κ3) is 4.61. The largest absolute Gasteiger partial charge is 0.479 e. The second-order valence-electron chi connectivity index (χ2n) is 4.61. The lowest BCUT2D eigenvalue weighted by Gasteiger charge is -2.08. The van der Waals surface area contributed by atoms with E-state index in [1.54, 1.807) is 13.2 Å². The Bertz CT molecular complexity index is 454. The van der Waals surface area contributed by atoms with Crippen molar-refractivity contribution < 1.29 is 14.3 Å². The van der Waals surface area contributed by atoms with E-state index in [1.807, 2.05) is 13.8 Å². The minimum atomic E-state index is -0.385. The van der Waals surface area contributed by atoms with Crippen LogP contribution >= 0.6 is 0 Å². The summed E-state index contributed by atoms with van der Waals surface area (Å²) in [6, 6.07) is 0. The van der Waals surface area contributed by atoms with Crippen LogP contribution in [0.5, 0.6) is 5.88 Å². The highest BCUT2D eigenvalue weighted by molar-refractivity contribution is 5.98. The van der Waals surface area contributed by atoms with Crippen LogP contribution in [0.3, 0.4) is 0 Å². The van der Waals surface area contributed by atoms with Gasteiger partial charge in [0.15, 0.2) is 0 Å². The van der Waals surface area contributed by atoms with Crippen LogP contribution in [-0.2, 0) is 11.8 Å². The topological polar surface area (TPSA) is 85.2 Å². The lowest BCUT2D eigenvalue weighted by molar-refractivity contribution is -0.120. The van der Waals surface area contributed by atoms with Crippen LogP contribution in [-0.4, -0.2) is 41.8 Å². The summed E-state index contributed by atoms with van der Waals surface area (Å²) in [5.74, 6) is 0.00946. The number of aromatic nitrogens is 2. The first-order chi connectivity index (χ1) is 8.93. The van der Waals surface area contributed by atoms with Gasteiger partial charge in [0.25, 0.3) is 5.91 Å². The van der Waals surface area contributed by atoms with E-state index in [2.05, 4.69) is 15.7 Å². The van der Waals surface area contributed by atoms with Crippen LogP contribution in [0.4, 0.5) is 0 Å². The fourth-order valence-electron chi connectivity index (χ4n) is 1.41. The van der Waals surface area contributed by atoms with E-state index < -0.39 is 0 Å². The smallest absolute Gasteiger partial charge is 0.258 e. The summed E-state index contributed by atoms with van der Waals surface area (Å²) in [6.07, 6.45) is 1.54. The zero-order chi connectivity index (χ0) is 14.4. The molecule has 1 rings (SSSR count). The Morgan fingerprint density at radius 2 is 2.11 bits per heavy atom. The first-order valence-corrected chi connectivity index (χ1v) is 6.06. The maximum Gasteiger partial charge on any atom is 0.258 e. The molecule has 0 bridgehead atoms. The van der Waals surface area contributed by atoms with E-state index in [0.717, 1.165) is 0 Å². The van der Waals surface area contributed by atoms with Gasteiger partial charge in [0.2, 0.25) is 11.8 Å². The molecule has 0 aromatic carbocycles. The second-order valence-corrected chi connectivity index (χ2v) is 4.61. The molecule has 1 aromatic rings. The van der Waals surface area contributed by atoms with Crippen molar-refractivity contribution in [3.8, 4) is 5.88 Å². The van der Waals surface area contributed by atoms with Gasteiger partial charge in [-0.25, -0.2) is 0 Å². The maximum absolute atomic E-state index is 11.9. The van der Waals surface area contributed by atoms with E-state index >= 15 is 0 Å². The van der Waals surface area contributed by atoms with Crippen molar-refractivity contribution in [2.24, 2.45) is 13.0 Å². The van der Waals surface area contributed by atoms with Crippen molar-refractivity contribution in [3.05, 3.63) is 11.8 Å². The van der Waals surface area contributed by atoms with Crippen molar-refractivity contribution in [1.82, 2.24) is 20.4 Å².